The minimum absolute atomic E-state index is 0.258. The van der Waals surface area contributed by atoms with Crippen molar-refractivity contribution < 1.29 is 12.8 Å². The second-order valence-corrected chi connectivity index (χ2v) is 8.51. The lowest BCUT2D eigenvalue weighted by atomic mass is 10.0. The molecule has 3 rings (SSSR count). The van der Waals surface area contributed by atoms with E-state index in [9.17, 15) is 12.8 Å². The van der Waals surface area contributed by atoms with Crippen LogP contribution in [-0.2, 0) is 22.7 Å². The van der Waals surface area contributed by atoms with Crippen LogP contribution in [0.2, 0.25) is 5.02 Å². The molecule has 0 radical (unpaired) electrons. The molecule has 26 heavy (non-hydrogen) atoms. The SMILES string of the molecule is Cc1ccc(S(=O)(=O)c2ccccc2CCc2ccc(Cl)cc2F)cc1. The Labute approximate surface area is 158 Å². The van der Waals surface area contributed by atoms with Crippen molar-refractivity contribution in [3.63, 3.8) is 0 Å². The number of hydrogen-bond acceptors (Lipinski definition) is 2. The predicted octanol–water partition coefficient (Wildman–Crippen LogP) is 5.41. The lowest BCUT2D eigenvalue weighted by molar-refractivity contribution is 0.594. The van der Waals surface area contributed by atoms with E-state index >= 15 is 0 Å². The summed E-state index contributed by atoms with van der Waals surface area (Å²) < 4.78 is 40.0. The number of sulfone groups is 1. The van der Waals surface area contributed by atoms with Gasteiger partial charge in [0.15, 0.2) is 0 Å². The zero-order chi connectivity index (χ0) is 18.7. The largest absolute Gasteiger partial charge is 0.219 e. The minimum Gasteiger partial charge on any atom is -0.219 e. The molecule has 2 nitrogen and oxygen atoms in total. The first-order valence-electron chi connectivity index (χ1n) is 8.21. The topological polar surface area (TPSA) is 34.1 Å². The van der Waals surface area contributed by atoms with Crippen LogP contribution >= 0.6 is 11.6 Å². The summed E-state index contributed by atoms with van der Waals surface area (Å²) in [7, 11) is -3.62. The number of halogens is 2. The van der Waals surface area contributed by atoms with Crippen molar-refractivity contribution in [3.8, 4) is 0 Å². The molecule has 0 saturated carbocycles. The van der Waals surface area contributed by atoms with E-state index in [0.717, 1.165) is 5.56 Å². The number of rotatable bonds is 5. The monoisotopic (exact) mass is 388 g/mol. The molecule has 0 aromatic heterocycles. The molecule has 0 fully saturated rings. The van der Waals surface area contributed by atoms with Crippen LogP contribution in [0.15, 0.2) is 76.5 Å². The maximum atomic E-state index is 14.0. The highest BCUT2D eigenvalue weighted by molar-refractivity contribution is 7.91. The quantitative estimate of drug-likeness (QED) is 0.586. The Bertz CT molecular complexity index is 1030. The van der Waals surface area contributed by atoms with Crippen molar-refractivity contribution in [2.45, 2.75) is 29.6 Å². The predicted molar refractivity (Wildman–Crippen MR) is 102 cm³/mol. The average molecular weight is 389 g/mol. The lowest BCUT2D eigenvalue weighted by Gasteiger charge is -2.11. The fourth-order valence-corrected chi connectivity index (χ4v) is 4.49. The van der Waals surface area contributed by atoms with Gasteiger partial charge in [-0.05, 0) is 61.2 Å². The summed E-state index contributed by atoms with van der Waals surface area (Å²) in [4.78, 5) is 0.520. The molecule has 3 aromatic carbocycles. The van der Waals surface area contributed by atoms with Crippen LogP contribution in [0.3, 0.4) is 0 Å². The van der Waals surface area contributed by atoms with E-state index in [1.165, 1.54) is 6.07 Å². The van der Waals surface area contributed by atoms with E-state index in [0.29, 0.717) is 29.0 Å². The standard InChI is InChI=1S/C21H18ClFO2S/c1-15-6-12-19(13-7-15)26(24,25)21-5-3-2-4-17(21)9-8-16-10-11-18(22)14-20(16)23/h2-7,10-14H,8-9H2,1H3. The Kier molecular flexibility index (Phi) is 5.44. The van der Waals surface area contributed by atoms with E-state index in [-0.39, 0.29) is 15.6 Å². The average Bonchev–Trinajstić information content (AvgIpc) is 2.61. The molecule has 0 spiro atoms. The first-order valence-corrected chi connectivity index (χ1v) is 10.1. The van der Waals surface area contributed by atoms with Gasteiger partial charge in [-0.2, -0.15) is 0 Å². The first kappa shape index (κ1) is 18.6. The number of benzene rings is 3. The highest BCUT2D eigenvalue weighted by Gasteiger charge is 2.20. The van der Waals surface area contributed by atoms with E-state index in [2.05, 4.69) is 0 Å². The minimum atomic E-state index is -3.62. The van der Waals surface area contributed by atoms with Crippen LogP contribution in [0.25, 0.3) is 0 Å². The van der Waals surface area contributed by atoms with Crippen molar-refractivity contribution in [2.75, 3.05) is 0 Å². The van der Waals surface area contributed by atoms with Gasteiger partial charge in [-0.3, -0.25) is 0 Å². The van der Waals surface area contributed by atoms with Crippen LogP contribution in [0.1, 0.15) is 16.7 Å². The zero-order valence-electron chi connectivity index (χ0n) is 14.2. The molecule has 0 amide bonds. The van der Waals surface area contributed by atoms with Crippen LogP contribution < -0.4 is 0 Å². The van der Waals surface area contributed by atoms with Gasteiger partial charge in [0.25, 0.3) is 0 Å². The third kappa shape index (κ3) is 3.97. The Morgan fingerprint density at radius 1 is 0.885 bits per heavy atom. The molecule has 0 aliphatic carbocycles. The van der Waals surface area contributed by atoms with Crippen LogP contribution in [0.5, 0.6) is 0 Å². The highest BCUT2D eigenvalue weighted by Crippen LogP contribution is 2.26. The molecule has 0 aliphatic rings. The zero-order valence-corrected chi connectivity index (χ0v) is 15.8. The Morgan fingerprint density at radius 3 is 2.23 bits per heavy atom. The molecule has 3 aromatic rings. The van der Waals surface area contributed by atoms with Crippen molar-refractivity contribution >= 4 is 21.4 Å². The normalized spacial score (nSPS) is 11.5. The van der Waals surface area contributed by atoms with Gasteiger partial charge in [-0.15, -0.1) is 0 Å². The molecule has 5 heteroatoms. The van der Waals surface area contributed by atoms with E-state index in [4.69, 9.17) is 11.6 Å². The maximum Gasteiger partial charge on any atom is 0.206 e. The summed E-state index contributed by atoms with van der Waals surface area (Å²) in [5, 5.41) is 0.341. The molecule has 0 saturated heterocycles. The van der Waals surface area contributed by atoms with Gasteiger partial charge in [-0.25, -0.2) is 12.8 Å². The van der Waals surface area contributed by atoms with E-state index < -0.39 is 9.84 Å². The van der Waals surface area contributed by atoms with Gasteiger partial charge < -0.3 is 0 Å². The second-order valence-electron chi connectivity index (χ2n) is 6.16. The summed E-state index contributed by atoms with van der Waals surface area (Å²) >= 11 is 5.78. The highest BCUT2D eigenvalue weighted by atomic mass is 35.5. The van der Waals surface area contributed by atoms with Gasteiger partial charge in [0.05, 0.1) is 9.79 Å². The van der Waals surface area contributed by atoms with Gasteiger partial charge in [0.2, 0.25) is 9.84 Å². The summed E-state index contributed by atoms with van der Waals surface area (Å²) in [6.45, 7) is 1.91. The number of aryl methyl sites for hydroxylation is 3. The summed E-state index contributed by atoms with van der Waals surface area (Å²) in [5.74, 6) is -0.378. The van der Waals surface area contributed by atoms with E-state index in [1.54, 1.807) is 60.7 Å². The molecule has 0 aliphatic heterocycles. The van der Waals surface area contributed by atoms with Crippen molar-refractivity contribution in [1.82, 2.24) is 0 Å². The fourth-order valence-electron chi connectivity index (χ4n) is 2.81. The molecule has 0 N–H and O–H groups in total. The molecule has 0 bridgehead atoms. The Balaban J connectivity index is 1.92. The maximum absolute atomic E-state index is 14.0. The third-order valence-electron chi connectivity index (χ3n) is 4.27. The Hall–Kier alpha value is -2.17. The van der Waals surface area contributed by atoms with Crippen LogP contribution in [-0.4, -0.2) is 8.42 Å². The third-order valence-corrected chi connectivity index (χ3v) is 6.38. The molecule has 134 valence electrons. The van der Waals surface area contributed by atoms with Gasteiger partial charge in [0, 0.05) is 5.02 Å². The molecule has 0 unspecified atom stereocenters. The van der Waals surface area contributed by atoms with Crippen LogP contribution in [0, 0.1) is 12.7 Å². The van der Waals surface area contributed by atoms with Crippen molar-refractivity contribution in [2.24, 2.45) is 0 Å². The lowest BCUT2D eigenvalue weighted by Crippen LogP contribution is -2.07. The molecular weight excluding hydrogens is 371 g/mol. The summed E-state index contributed by atoms with van der Waals surface area (Å²) in [6.07, 6.45) is 0.809. The summed E-state index contributed by atoms with van der Waals surface area (Å²) in [5.41, 5.74) is 2.18. The second kappa shape index (κ2) is 7.60. The molecular formula is C21H18ClFO2S. The van der Waals surface area contributed by atoms with Gasteiger partial charge in [0.1, 0.15) is 5.82 Å². The van der Waals surface area contributed by atoms with Gasteiger partial charge in [-0.1, -0.05) is 53.6 Å². The van der Waals surface area contributed by atoms with E-state index in [1.807, 2.05) is 6.92 Å². The smallest absolute Gasteiger partial charge is 0.206 e. The van der Waals surface area contributed by atoms with Crippen molar-refractivity contribution in [3.05, 3.63) is 94.3 Å². The van der Waals surface area contributed by atoms with Gasteiger partial charge >= 0.3 is 0 Å². The first-order chi connectivity index (χ1) is 12.4. The molecule has 0 heterocycles. The van der Waals surface area contributed by atoms with Crippen LogP contribution in [0.4, 0.5) is 4.39 Å². The fraction of sp³-hybridized carbons (Fsp3) is 0.143. The summed E-state index contributed by atoms with van der Waals surface area (Å²) in [6, 6.07) is 18.2. The Morgan fingerprint density at radius 2 is 1.54 bits per heavy atom. The van der Waals surface area contributed by atoms with Crippen molar-refractivity contribution in [1.29, 1.82) is 0 Å². The number of hydrogen-bond donors (Lipinski definition) is 0. The molecule has 0 atom stereocenters.